The Morgan fingerprint density at radius 2 is 0.710 bits per heavy atom. The molecule has 0 aliphatic heterocycles. The molecule has 0 unspecified atom stereocenters. The van der Waals surface area contributed by atoms with Gasteiger partial charge in [0.05, 0.1) is 11.4 Å². The van der Waals surface area contributed by atoms with Crippen LogP contribution in [0.15, 0.2) is 235 Å². The first-order valence-corrected chi connectivity index (χ1v) is 20.8. The Hall–Kier alpha value is -8.41. The average Bonchev–Trinajstić information content (AvgIpc) is 3.73. The first kappa shape index (κ1) is 36.7. The quantitative estimate of drug-likeness (QED) is 0.146. The fraction of sp³-hybridized carbons (Fsp3) is 0. The lowest BCUT2D eigenvalue weighted by molar-refractivity contribution is 0.669. The van der Waals surface area contributed by atoms with Crippen molar-refractivity contribution in [2.75, 3.05) is 4.90 Å². The number of hydrogen-bond donors (Lipinski definition) is 0. The molecule has 11 rings (SSSR count). The van der Waals surface area contributed by atoms with Crippen molar-refractivity contribution < 1.29 is 4.42 Å². The minimum absolute atomic E-state index is 0.593. The molecule has 0 saturated carbocycles. The topological polar surface area (TPSA) is 55.1 Å². The van der Waals surface area contributed by atoms with Crippen LogP contribution in [0.25, 0.3) is 89.5 Å². The molecule has 0 saturated heterocycles. The van der Waals surface area contributed by atoms with Crippen molar-refractivity contribution in [3.8, 4) is 67.5 Å². The second kappa shape index (κ2) is 16.0. The molecule has 0 fully saturated rings. The zero-order valence-corrected chi connectivity index (χ0v) is 33.6. The lowest BCUT2D eigenvalue weighted by atomic mass is 9.98. The van der Waals surface area contributed by atoms with Crippen LogP contribution in [0.1, 0.15) is 0 Å². The van der Waals surface area contributed by atoms with Gasteiger partial charge in [-0.2, -0.15) is 0 Å². The predicted molar refractivity (Wildman–Crippen MR) is 254 cm³/mol. The van der Waals surface area contributed by atoms with Gasteiger partial charge in [-0.25, -0.2) is 15.0 Å². The van der Waals surface area contributed by atoms with E-state index in [1.165, 1.54) is 0 Å². The minimum Gasteiger partial charge on any atom is -0.456 e. The van der Waals surface area contributed by atoms with Gasteiger partial charge < -0.3 is 9.32 Å². The molecule has 9 aromatic carbocycles. The summed E-state index contributed by atoms with van der Waals surface area (Å²) < 4.78 is 6.69. The summed E-state index contributed by atoms with van der Waals surface area (Å²) in [5.41, 5.74) is 14.2. The van der Waals surface area contributed by atoms with E-state index < -0.39 is 0 Å². The molecule has 0 amide bonds. The summed E-state index contributed by atoms with van der Waals surface area (Å²) in [6.07, 6.45) is 0. The molecule has 62 heavy (non-hydrogen) atoms. The third kappa shape index (κ3) is 6.97. The number of fused-ring (bicyclic) bond motifs is 3. The van der Waals surface area contributed by atoms with Crippen molar-refractivity contribution in [1.82, 2.24) is 15.0 Å². The number of para-hydroxylation sites is 2. The zero-order valence-electron chi connectivity index (χ0n) is 33.6. The number of aromatic nitrogens is 3. The normalized spacial score (nSPS) is 11.2. The summed E-state index contributed by atoms with van der Waals surface area (Å²) in [6.45, 7) is 0. The smallest absolute Gasteiger partial charge is 0.164 e. The summed E-state index contributed by atoms with van der Waals surface area (Å²) in [6, 6.07) is 79.9. The molecule has 5 nitrogen and oxygen atoms in total. The van der Waals surface area contributed by atoms with Crippen LogP contribution in [0.4, 0.5) is 17.1 Å². The SMILES string of the molecule is c1ccc(-c2ccc(-c3nc(-c4ccccc4)nc(-c4ccc5oc6cc(N(c7ccccc7-c7ccccc7)c7ccccc7-c7ccccc7)ccc6c5c4)n3)cc2)cc1. The maximum atomic E-state index is 6.69. The van der Waals surface area contributed by atoms with E-state index in [0.29, 0.717) is 17.5 Å². The van der Waals surface area contributed by atoms with E-state index in [-0.39, 0.29) is 0 Å². The zero-order chi connectivity index (χ0) is 41.2. The van der Waals surface area contributed by atoms with Gasteiger partial charge >= 0.3 is 0 Å². The van der Waals surface area contributed by atoms with Gasteiger partial charge in [0.2, 0.25) is 0 Å². The number of benzene rings is 9. The second-order valence-corrected chi connectivity index (χ2v) is 15.2. The van der Waals surface area contributed by atoms with E-state index in [9.17, 15) is 0 Å². The molecule has 2 heterocycles. The minimum atomic E-state index is 0.593. The number of furan rings is 1. The van der Waals surface area contributed by atoms with Crippen LogP contribution in [0, 0.1) is 0 Å². The number of anilines is 3. The van der Waals surface area contributed by atoms with Crippen molar-refractivity contribution in [2.45, 2.75) is 0 Å². The maximum absolute atomic E-state index is 6.69. The highest BCUT2D eigenvalue weighted by atomic mass is 16.3. The third-order valence-electron chi connectivity index (χ3n) is 11.3. The molecule has 292 valence electrons. The molecule has 0 bridgehead atoms. The second-order valence-electron chi connectivity index (χ2n) is 15.2. The predicted octanol–water partition coefficient (Wildman–Crippen LogP) is 15.2. The Morgan fingerprint density at radius 3 is 1.27 bits per heavy atom. The molecule has 11 aromatic rings. The Morgan fingerprint density at radius 1 is 0.290 bits per heavy atom. The molecule has 2 aromatic heterocycles. The van der Waals surface area contributed by atoms with E-state index in [1.54, 1.807) is 0 Å². The molecular formula is C57H38N4O. The van der Waals surface area contributed by atoms with Gasteiger partial charge in [-0.05, 0) is 64.7 Å². The molecule has 5 heteroatoms. The molecule has 0 N–H and O–H groups in total. The van der Waals surface area contributed by atoms with E-state index in [4.69, 9.17) is 19.4 Å². The molecule has 0 aliphatic carbocycles. The summed E-state index contributed by atoms with van der Waals surface area (Å²) in [4.78, 5) is 17.5. The Kier molecular flexibility index (Phi) is 9.45. The van der Waals surface area contributed by atoms with Gasteiger partial charge in [-0.1, -0.05) is 182 Å². The van der Waals surface area contributed by atoms with E-state index in [0.717, 1.165) is 89.1 Å². The standard InChI is InChI=1S/C57H38N4O/c1-5-17-39(18-6-1)40-29-31-44(32-30-40)56-58-55(43-23-11-4-12-24-43)59-57(60-56)45-33-36-53-50(37-45)49-35-34-46(38-54(49)62-53)61(51-27-15-13-25-47(51)41-19-7-2-8-20-41)52-28-16-14-26-48(52)42-21-9-3-10-22-42/h1-38H. The first-order chi connectivity index (χ1) is 30.7. The highest BCUT2D eigenvalue weighted by Crippen LogP contribution is 2.46. The van der Waals surface area contributed by atoms with Gasteiger partial charge in [-0.3, -0.25) is 0 Å². The van der Waals surface area contributed by atoms with Crippen LogP contribution < -0.4 is 4.90 Å². The molecule has 0 atom stereocenters. The van der Waals surface area contributed by atoms with Crippen LogP contribution in [0.2, 0.25) is 0 Å². The maximum Gasteiger partial charge on any atom is 0.164 e. The fourth-order valence-electron chi connectivity index (χ4n) is 8.31. The van der Waals surface area contributed by atoms with Crippen LogP contribution in [-0.2, 0) is 0 Å². The van der Waals surface area contributed by atoms with Crippen molar-refractivity contribution in [2.24, 2.45) is 0 Å². The van der Waals surface area contributed by atoms with Crippen LogP contribution >= 0.6 is 0 Å². The first-order valence-electron chi connectivity index (χ1n) is 20.8. The molecule has 0 spiro atoms. The highest BCUT2D eigenvalue weighted by molar-refractivity contribution is 6.08. The Labute approximate surface area is 359 Å². The van der Waals surface area contributed by atoms with Crippen LogP contribution in [-0.4, -0.2) is 15.0 Å². The van der Waals surface area contributed by atoms with Gasteiger partial charge in [-0.15, -0.1) is 0 Å². The Balaban J connectivity index is 1.04. The van der Waals surface area contributed by atoms with Gasteiger partial charge in [0.25, 0.3) is 0 Å². The average molecular weight is 795 g/mol. The van der Waals surface area contributed by atoms with Crippen molar-refractivity contribution in [3.05, 3.63) is 231 Å². The van der Waals surface area contributed by atoms with E-state index in [1.807, 2.05) is 48.5 Å². The lowest BCUT2D eigenvalue weighted by Crippen LogP contribution is -2.12. The number of rotatable bonds is 9. The van der Waals surface area contributed by atoms with E-state index >= 15 is 0 Å². The monoisotopic (exact) mass is 794 g/mol. The van der Waals surface area contributed by atoms with Crippen molar-refractivity contribution in [3.63, 3.8) is 0 Å². The summed E-state index contributed by atoms with van der Waals surface area (Å²) in [5.74, 6) is 1.82. The molecule has 0 radical (unpaired) electrons. The fourth-order valence-corrected chi connectivity index (χ4v) is 8.31. The molecular weight excluding hydrogens is 757 g/mol. The van der Waals surface area contributed by atoms with Crippen molar-refractivity contribution in [1.29, 1.82) is 0 Å². The van der Waals surface area contributed by atoms with Crippen LogP contribution in [0.3, 0.4) is 0 Å². The summed E-state index contributed by atoms with van der Waals surface area (Å²) in [5, 5.41) is 1.99. The third-order valence-corrected chi connectivity index (χ3v) is 11.3. The summed E-state index contributed by atoms with van der Waals surface area (Å²) >= 11 is 0. The van der Waals surface area contributed by atoms with Gasteiger partial charge in [0.15, 0.2) is 17.5 Å². The van der Waals surface area contributed by atoms with Gasteiger partial charge in [0, 0.05) is 50.3 Å². The van der Waals surface area contributed by atoms with E-state index in [2.05, 4.69) is 187 Å². The Bertz CT molecular complexity index is 3250. The summed E-state index contributed by atoms with van der Waals surface area (Å²) in [7, 11) is 0. The molecule has 0 aliphatic rings. The number of hydrogen-bond acceptors (Lipinski definition) is 5. The largest absolute Gasteiger partial charge is 0.456 e. The lowest BCUT2D eigenvalue weighted by Gasteiger charge is -2.29. The van der Waals surface area contributed by atoms with Crippen LogP contribution in [0.5, 0.6) is 0 Å². The highest BCUT2D eigenvalue weighted by Gasteiger charge is 2.22. The number of nitrogens with zero attached hydrogens (tertiary/aromatic N) is 4. The van der Waals surface area contributed by atoms with Crippen molar-refractivity contribution >= 4 is 39.0 Å². The van der Waals surface area contributed by atoms with Gasteiger partial charge in [0.1, 0.15) is 11.2 Å².